The van der Waals surface area contributed by atoms with Crippen LogP contribution in [0.1, 0.15) is 0 Å². The van der Waals surface area contributed by atoms with Crippen LogP contribution in [0.4, 0.5) is 11.5 Å². The number of rotatable bonds is 4. The second kappa shape index (κ2) is 5.51. The van der Waals surface area contributed by atoms with Gasteiger partial charge in [0.2, 0.25) is 0 Å². The third-order valence-corrected chi connectivity index (χ3v) is 3.94. The number of ether oxygens (including phenoxy) is 1. The molecule has 0 fully saturated rings. The Hall–Kier alpha value is -2.06. The average molecular weight is 315 g/mol. The van der Waals surface area contributed by atoms with Crippen LogP contribution in [-0.4, -0.2) is 25.5 Å². The Morgan fingerprint density at radius 2 is 2.05 bits per heavy atom. The number of methoxy groups -OCH3 is 1. The number of hydrogen-bond donors (Lipinski definition) is 2. The van der Waals surface area contributed by atoms with E-state index in [0.717, 1.165) is 6.33 Å². The number of sulfonamides is 1. The molecule has 106 valence electrons. The van der Waals surface area contributed by atoms with Crippen LogP contribution in [0, 0.1) is 0 Å². The largest absolute Gasteiger partial charge is 0.495 e. The molecule has 0 aliphatic heterocycles. The zero-order valence-electron chi connectivity index (χ0n) is 10.4. The maximum absolute atomic E-state index is 12.2. The van der Waals surface area contributed by atoms with Gasteiger partial charge in [-0.3, -0.25) is 4.72 Å². The van der Waals surface area contributed by atoms with Crippen LogP contribution in [0.25, 0.3) is 0 Å². The van der Waals surface area contributed by atoms with Crippen molar-refractivity contribution >= 4 is 33.1 Å². The second-order valence-corrected chi connectivity index (χ2v) is 5.80. The molecule has 9 heteroatoms. The number of nitrogen functional groups attached to an aromatic ring is 1. The molecule has 1 heterocycles. The molecular weight excluding hydrogens is 304 g/mol. The molecule has 0 atom stereocenters. The van der Waals surface area contributed by atoms with Crippen molar-refractivity contribution in [2.75, 3.05) is 17.6 Å². The Kier molecular flexibility index (Phi) is 3.96. The highest BCUT2D eigenvalue weighted by Gasteiger charge is 2.16. The molecule has 0 spiro atoms. The topological polar surface area (TPSA) is 107 Å². The molecule has 2 aromatic rings. The highest BCUT2D eigenvalue weighted by Crippen LogP contribution is 2.25. The summed E-state index contributed by atoms with van der Waals surface area (Å²) in [5, 5.41) is 0.131. The molecule has 0 bridgehead atoms. The first-order valence-electron chi connectivity index (χ1n) is 5.36. The molecule has 0 amide bonds. The summed E-state index contributed by atoms with van der Waals surface area (Å²) < 4.78 is 31.6. The molecule has 0 saturated heterocycles. The molecule has 2 rings (SSSR count). The molecule has 0 aliphatic rings. The highest BCUT2D eigenvalue weighted by atomic mass is 35.5. The first-order chi connectivity index (χ1) is 9.42. The zero-order chi connectivity index (χ0) is 14.8. The highest BCUT2D eigenvalue weighted by molar-refractivity contribution is 7.92. The van der Waals surface area contributed by atoms with Crippen molar-refractivity contribution in [3.8, 4) is 5.75 Å². The van der Waals surface area contributed by atoms with E-state index in [1.165, 1.54) is 31.4 Å². The van der Waals surface area contributed by atoms with Crippen molar-refractivity contribution in [2.45, 2.75) is 4.90 Å². The van der Waals surface area contributed by atoms with Gasteiger partial charge in [-0.15, -0.1) is 0 Å². The van der Waals surface area contributed by atoms with E-state index in [-0.39, 0.29) is 21.6 Å². The molecule has 0 radical (unpaired) electrons. The summed E-state index contributed by atoms with van der Waals surface area (Å²) in [6.45, 7) is 0. The quantitative estimate of drug-likeness (QED) is 0.654. The van der Waals surface area contributed by atoms with Gasteiger partial charge in [-0.1, -0.05) is 11.6 Å². The fourth-order valence-corrected chi connectivity index (χ4v) is 2.65. The lowest BCUT2D eigenvalue weighted by molar-refractivity contribution is 0.416. The molecule has 20 heavy (non-hydrogen) atoms. The van der Waals surface area contributed by atoms with E-state index >= 15 is 0 Å². The van der Waals surface area contributed by atoms with Gasteiger partial charge in [-0.2, -0.15) is 0 Å². The number of nitrogens with two attached hydrogens (primary N) is 1. The SMILES string of the molecule is COc1ccc(S(=O)(=O)Nc2cc(Cl)ncn2)cc1N. The minimum atomic E-state index is -3.81. The lowest BCUT2D eigenvalue weighted by Gasteiger charge is -2.09. The van der Waals surface area contributed by atoms with Crippen molar-refractivity contribution < 1.29 is 13.2 Å². The third-order valence-electron chi connectivity index (χ3n) is 2.38. The van der Waals surface area contributed by atoms with E-state index in [0.29, 0.717) is 5.75 Å². The van der Waals surface area contributed by atoms with Gasteiger partial charge in [0.25, 0.3) is 10.0 Å². The lowest BCUT2D eigenvalue weighted by Crippen LogP contribution is -2.14. The molecule has 0 aliphatic carbocycles. The van der Waals surface area contributed by atoms with Crippen LogP contribution in [0.5, 0.6) is 5.75 Å². The summed E-state index contributed by atoms with van der Waals surface area (Å²) in [5.41, 5.74) is 5.90. The van der Waals surface area contributed by atoms with Gasteiger partial charge >= 0.3 is 0 Å². The van der Waals surface area contributed by atoms with E-state index in [2.05, 4.69) is 14.7 Å². The Balaban J connectivity index is 2.33. The van der Waals surface area contributed by atoms with Crippen LogP contribution in [0.2, 0.25) is 5.15 Å². The van der Waals surface area contributed by atoms with Crippen molar-refractivity contribution in [3.05, 3.63) is 35.7 Å². The number of anilines is 2. The zero-order valence-corrected chi connectivity index (χ0v) is 11.9. The van der Waals surface area contributed by atoms with Crippen molar-refractivity contribution in [1.29, 1.82) is 0 Å². The Morgan fingerprint density at radius 1 is 1.30 bits per heavy atom. The Morgan fingerprint density at radius 3 is 2.65 bits per heavy atom. The van der Waals surface area contributed by atoms with Crippen molar-refractivity contribution in [2.24, 2.45) is 0 Å². The van der Waals surface area contributed by atoms with Gasteiger partial charge < -0.3 is 10.5 Å². The monoisotopic (exact) mass is 314 g/mol. The summed E-state index contributed by atoms with van der Waals surface area (Å²) in [7, 11) is -2.37. The van der Waals surface area contributed by atoms with Gasteiger partial charge in [-0.05, 0) is 18.2 Å². The molecule has 1 aromatic heterocycles. The number of aromatic nitrogens is 2. The third kappa shape index (κ3) is 3.09. The lowest BCUT2D eigenvalue weighted by atomic mass is 10.3. The summed E-state index contributed by atoms with van der Waals surface area (Å²) >= 11 is 5.66. The summed E-state index contributed by atoms with van der Waals surface area (Å²) in [5.74, 6) is 0.466. The van der Waals surface area contributed by atoms with Crippen molar-refractivity contribution in [1.82, 2.24) is 9.97 Å². The van der Waals surface area contributed by atoms with Crippen LogP contribution >= 0.6 is 11.6 Å². The van der Waals surface area contributed by atoms with E-state index in [1.54, 1.807) is 0 Å². The van der Waals surface area contributed by atoms with E-state index in [1.807, 2.05) is 0 Å². The normalized spacial score (nSPS) is 11.1. The van der Waals surface area contributed by atoms with Crippen LogP contribution in [0.3, 0.4) is 0 Å². The number of hydrogen-bond acceptors (Lipinski definition) is 6. The molecule has 7 nitrogen and oxygen atoms in total. The standard InChI is InChI=1S/C11H11ClN4O3S/c1-19-9-3-2-7(4-8(9)13)20(17,18)16-11-5-10(12)14-6-15-11/h2-6H,13H2,1H3,(H,14,15,16). The van der Waals surface area contributed by atoms with E-state index in [9.17, 15) is 8.42 Å². The van der Waals surface area contributed by atoms with E-state index in [4.69, 9.17) is 22.1 Å². The van der Waals surface area contributed by atoms with Crippen LogP contribution in [0.15, 0.2) is 35.5 Å². The Bertz CT molecular complexity index is 736. The summed E-state index contributed by atoms with van der Waals surface area (Å²) in [6.07, 6.45) is 1.16. The predicted molar refractivity (Wildman–Crippen MR) is 75.3 cm³/mol. The van der Waals surface area contributed by atoms with E-state index < -0.39 is 10.0 Å². The number of benzene rings is 1. The molecular formula is C11H11ClN4O3S. The minimum absolute atomic E-state index is 0.00876. The Labute approximate surface area is 120 Å². The van der Waals surface area contributed by atoms with Crippen LogP contribution in [-0.2, 0) is 10.0 Å². The summed E-state index contributed by atoms with van der Waals surface area (Å²) in [6, 6.07) is 5.44. The maximum Gasteiger partial charge on any atom is 0.263 e. The van der Waals surface area contributed by atoms with Crippen molar-refractivity contribution in [3.63, 3.8) is 0 Å². The van der Waals surface area contributed by atoms with Gasteiger partial charge in [-0.25, -0.2) is 18.4 Å². The molecule has 1 aromatic carbocycles. The first kappa shape index (κ1) is 14.4. The second-order valence-electron chi connectivity index (χ2n) is 3.74. The van der Waals surface area contributed by atoms with Gasteiger partial charge in [0.1, 0.15) is 23.0 Å². The fraction of sp³-hybridized carbons (Fsp3) is 0.0909. The smallest absolute Gasteiger partial charge is 0.263 e. The molecule has 0 saturated carbocycles. The number of nitrogens with zero attached hydrogens (tertiary/aromatic N) is 2. The fourth-order valence-electron chi connectivity index (χ4n) is 1.47. The van der Waals surface area contributed by atoms with Crippen LogP contribution < -0.4 is 15.2 Å². The number of nitrogens with one attached hydrogen (secondary N) is 1. The summed E-state index contributed by atoms with van der Waals surface area (Å²) in [4.78, 5) is 7.42. The average Bonchev–Trinajstić information content (AvgIpc) is 2.38. The molecule has 0 unspecified atom stereocenters. The minimum Gasteiger partial charge on any atom is -0.495 e. The molecule has 3 N–H and O–H groups in total. The number of halogens is 1. The van der Waals surface area contributed by atoms with Gasteiger partial charge in [0.05, 0.1) is 17.7 Å². The van der Waals surface area contributed by atoms with Gasteiger partial charge in [0.15, 0.2) is 0 Å². The maximum atomic E-state index is 12.2. The first-order valence-corrected chi connectivity index (χ1v) is 7.22. The predicted octanol–water partition coefficient (Wildman–Crippen LogP) is 1.52. The van der Waals surface area contributed by atoms with Gasteiger partial charge in [0, 0.05) is 6.07 Å².